The Balaban J connectivity index is 2.45. The van der Waals surface area contributed by atoms with Crippen LogP contribution < -0.4 is 0 Å². The van der Waals surface area contributed by atoms with Crippen molar-refractivity contribution in [2.45, 2.75) is 45.4 Å². The van der Waals surface area contributed by atoms with Crippen LogP contribution in [0.4, 0.5) is 0 Å². The molecule has 1 nitrogen and oxygen atoms in total. The molecule has 0 radical (unpaired) electrons. The third kappa shape index (κ3) is 1.79. The Morgan fingerprint density at radius 2 is 2.06 bits per heavy atom. The summed E-state index contributed by atoms with van der Waals surface area (Å²) in [5.41, 5.74) is 1.04. The lowest BCUT2D eigenvalue weighted by molar-refractivity contribution is -0.110. The highest BCUT2D eigenvalue weighted by Gasteiger charge is 2.53. The third-order valence-electron chi connectivity index (χ3n) is 4.81. The van der Waals surface area contributed by atoms with Gasteiger partial charge >= 0.3 is 0 Å². The number of carbonyl (C=O) groups is 1. The molecule has 2 aliphatic rings. The molecule has 17 heavy (non-hydrogen) atoms. The van der Waals surface area contributed by atoms with E-state index in [1.54, 1.807) is 12.2 Å². The van der Waals surface area contributed by atoms with E-state index in [4.69, 9.17) is 11.6 Å². The first-order valence-electron chi connectivity index (χ1n) is 6.42. The van der Waals surface area contributed by atoms with E-state index in [1.807, 2.05) is 6.08 Å². The number of halogens is 1. The number of hydrogen-bond acceptors (Lipinski definition) is 1. The fourth-order valence-corrected chi connectivity index (χ4v) is 4.01. The molecule has 0 amide bonds. The number of ketones is 1. The highest BCUT2D eigenvalue weighted by Crippen LogP contribution is 2.57. The van der Waals surface area contributed by atoms with E-state index < -0.39 is 0 Å². The van der Waals surface area contributed by atoms with Gasteiger partial charge in [0.2, 0.25) is 0 Å². The van der Waals surface area contributed by atoms with Crippen molar-refractivity contribution in [1.82, 2.24) is 0 Å². The lowest BCUT2D eigenvalue weighted by atomic mass is 9.56. The minimum atomic E-state index is -0.303. The standard InChI is InChI=1S/C15H21ClO/c1-10(2)13-6-5-11-9-12(17)7-8-14(11,3)15(13,4)16/h7-10,13H,5-6H2,1-4H3/t13?,14?,15-/m1/s1. The molecular weight excluding hydrogens is 232 g/mol. The van der Waals surface area contributed by atoms with Crippen molar-refractivity contribution in [3.05, 3.63) is 23.8 Å². The summed E-state index contributed by atoms with van der Waals surface area (Å²) < 4.78 is 0. The van der Waals surface area contributed by atoms with Crippen LogP contribution in [-0.4, -0.2) is 10.7 Å². The Hall–Kier alpha value is -0.560. The van der Waals surface area contributed by atoms with Gasteiger partial charge in [-0.05, 0) is 43.8 Å². The molecule has 2 heteroatoms. The van der Waals surface area contributed by atoms with E-state index in [-0.39, 0.29) is 16.1 Å². The van der Waals surface area contributed by atoms with Crippen molar-refractivity contribution < 1.29 is 4.79 Å². The van der Waals surface area contributed by atoms with E-state index in [9.17, 15) is 4.79 Å². The Morgan fingerprint density at radius 3 is 2.65 bits per heavy atom. The SMILES string of the molecule is CC(C)C1CCC2=CC(=O)C=CC2(C)[C@]1(C)Cl. The highest BCUT2D eigenvalue weighted by atomic mass is 35.5. The van der Waals surface area contributed by atoms with Gasteiger partial charge in [-0.3, -0.25) is 4.79 Å². The molecule has 2 aliphatic carbocycles. The van der Waals surface area contributed by atoms with E-state index >= 15 is 0 Å². The highest BCUT2D eigenvalue weighted by molar-refractivity contribution is 6.25. The number of fused-ring (bicyclic) bond motifs is 1. The molecule has 1 fully saturated rings. The molecule has 1 saturated carbocycles. The predicted octanol–water partition coefficient (Wildman–Crippen LogP) is 4.12. The molecule has 94 valence electrons. The van der Waals surface area contributed by atoms with Crippen LogP contribution in [0.2, 0.25) is 0 Å². The summed E-state index contributed by atoms with van der Waals surface area (Å²) in [6.07, 6.45) is 7.56. The minimum Gasteiger partial charge on any atom is -0.290 e. The van der Waals surface area contributed by atoms with Crippen LogP contribution in [0.5, 0.6) is 0 Å². The third-order valence-corrected chi connectivity index (χ3v) is 5.48. The maximum absolute atomic E-state index is 11.5. The molecule has 0 spiro atoms. The Morgan fingerprint density at radius 1 is 1.41 bits per heavy atom. The van der Waals surface area contributed by atoms with E-state index in [2.05, 4.69) is 27.7 Å². The van der Waals surface area contributed by atoms with Gasteiger partial charge in [0.05, 0.1) is 4.87 Å². The summed E-state index contributed by atoms with van der Waals surface area (Å²) in [6, 6.07) is 0. The molecule has 0 heterocycles. The zero-order valence-electron chi connectivity index (χ0n) is 11.1. The Bertz CT molecular complexity index is 403. The molecule has 0 N–H and O–H groups in total. The molecule has 0 saturated heterocycles. The van der Waals surface area contributed by atoms with Crippen molar-refractivity contribution in [3.8, 4) is 0 Å². The molecule has 0 aromatic rings. The van der Waals surface area contributed by atoms with Gasteiger partial charge in [-0.2, -0.15) is 0 Å². The lowest BCUT2D eigenvalue weighted by Crippen LogP contribution is -2.51. The van der Waals surface area contributed by atoms with Crippen molar-refractivity contribution in [3.63, 3.8) is 0 Å². The van der Waals surface area contributed by atoms with E-state index in [1.165, 1.54) is 5.57 Å². The maximum Gasteiger partial charge on any atom is 0.178 e. The normalized spacial score (nSPS) is 41.4. The van der Waals surface area contributed by atoms with Gasteiger partial charge in [-0.25, -0.2) is 0 Å². The summed E-state index contributed by atoms with van der Waals surface area (Å²) in [5.74, 6) is 1.17. The van der Waals surface area contributed by atoms with Gasteiger partial charge in [-0.1, -0.05) is 32.4 Å². The number of carbonyl (C=O) groups excluding carboxylic acids is 1. The summed E-state index contributed by atoms with van der Waals surface area (Å²) in [5, 5.41) is 0. The van der Waals surface area contributed by atoms with Gasteiger partial charge in [0.25, 0.3) is 0 Å². The molecule has 2 unspecified atom stereocenters. The second kappa shape index (κ2) is 3.98. The summed E-state index contributed by atoms with van der Waals surface area (Å²) in [7, 11) is 0. The first-order chi connectivity index (χ1) is 7.79. The number of allylic oxidation sites excluding steroid dienone is 4. The smallest absolute Gasteiger partial charge is 0.178 e. The monoisotopic (exact) mass is 252 g/mol. The van der Waals surface area contributed by atoms with Crippen LogP contribution in [-0.2, 0) is 4.79 Å². The Labute approximate surface area is 109 Å². The van der Waals surface area contributed by atoms with Crippen molar-refractivity contribution >= 4 is 17.4 Å². The van der Waals surface area contributed by atoms with Crippen LogP contribution >= 0.6 is 11.6 Å². The molecule has 3 atom stereocenters. The first kappa shape index (κ1) is 12.9. The van der Waals surface area contributed by atoms with Gasteiger partial charge in [0.15, 0.2) is 5.78 Å². The van der Waals surface area contributed by atoms with Crippen LogP contribution in [0.1, 0.15) is 40.5 Å². The quantitative estimate of drug-likeness (QED) is 0.642. The fourth-order valence-electron chi connectivity index (χ4n) is 3.46. The van der Waals surface area contributed by atoms with E-state index in [0.717, 1.165) is 12.8 Å². The van der Waals surface area contributed by atoms with Crippen LogP contribution in [0.3, 0.4) is 0 Å². The van der Waals surface area contributed by atoms with Crippen molar-refractivity contribution in [1.29, 1.82) is 0 Å². The summed E-state index contributed by atoms with van der Waals surface area (Å²) in [4.78, 5) is 11.2. The maximum atomic E-state index is 11.5. The lowest BCUT2D eigenvalue weighted by Gasteiger charge is -2.53. The topological polar surface area (TPSA) is 17.1 Å². The molecule has 0 aliphatic heterocycles. The van der Waals surface area contributed by atoms with Crippen molar-refractivity contribution in [2.75, 3.05) is 0 Å². The number of hydrogen-bond donors (Lipinski definition) is 0. The van der Waals surface area contributed by atoms with Gasteiger partial charge in [-0.15, -0.1) is 11.6 Å². The number of alkyl halides is 1. The minimum absolute atomic E-state index is 0.105. The fraction of sp³-hybridized carbons (Fsp3) is 0.667. The zero-order valence-corrected chi connectivity index (χ0v) is 11.8. The summed E-state index contributed by atoms with van der Waals surface area (Å²) >= 11 is 6.89. The second-order valence-electron chi connectivity index (χ2n) is 6.07. The molecule has 0 aromatic heterocycles. The molecule has 0 aromatic carbocycles. The van der Waals surface area contributed by atoms with E-state index in [0.29, 0.717) is 11.8 Å². The second-order valence-corrected chi connectivity index (χ2v) is 6.86. The average molecular weight is 253 g/mol. The van der Waals surface area contributed by atoms with Crippen LogP contribution in [0.15, 0.2) is 23.8 Å². The predicted molar refractivity (Wildman–Crippen MR) is 72.2 cm³/mol. The van der Waals surface area contributed by atoms with Crippen LogP contribution in [0, 0.1) is 17.3 Å². The molecular formula is C15H21ClO. The van der Waals surface area contributed by atoms with Crippen molar-refractivity contribution in [2.24, 2.45) is 17.3 Å². The summed E-state index contributed by atoms with van der Waals surface area (Å²) in [6.45, 7) is 8.78. The first-order valence-corrected chi connectivity index (χ1v) is 6.80. The molecule has 0 bridgehead atoms. The largest absolute Gasteiger partial charge is 0.290 e. The number of rotatable bonds is 1. The average Bonchev–Trinajstić information content (AvgIpc) is 2.21. The van der Waals surface area contributed by atoms with Gasteiger partial charge < -0.3 is 0 Å². The Kier molecular flexibility index (Phi) is 3.02. The molecule has 2 rings (SSSR count). The zero-order chi connectivity index (χ0) is 12.8. The van der Waals surface area contributed by atoms with Crippen LogP contribution in [0.25, 0.3) is 0 Å². The van der Waals surface area contributed by atoms with Gasteiger partial charge in [0, 0.05) is 5.41 Å². The van der Waals surface area contributed by atoms with Gasteiger partial charge in [0.1, 0.15) is 0 Å².